The molecule has 1 heterocycles. The average molecular weight is 397 g/mol. The largest absolute Gasteiger partial charge is 0.324 e. The molecule has 5 nitrogen and oxygen atoms in total. The van der Waals surface area contributed by atoms with Crippen LogP contribution in [0.25, 0.3) is 0 Å². The first kappa shape index (κ1) is 17.1. The summed E-state index contributed by atoms with van der Waals surface area (Å²) in [6.07, 6.45) is 1.56. The van der Waals surface area contributed by atoms with Crippen molar-refractivity contribution in [1.82, 2.24) is 9.97 Å². The molecule has 2 N–H and O–H groups in total. The van der Waals surface area contributed by atoms with Crippen molar-refractivity contribution in [1.29, 1.82) is 0 Å². The van der Waals surface area contributed by atoms with Crippen LogP contribution in [0.4, 0.5) is 17.3 Å². The quantitative estimate of drug-likeness (QED) is 0.661. The number of benzene rings is 2. The molecule has 0 aliphatic carbocycles. The molecule has 0 aliphatic heterocycles. The minimum Gasteiger partial charge on any atom is -0.324 e. The molecule has 2 aromatic carbocycles. The summed E-state index contributed by atoms with van der Waals surface area (Å²) in [5.41, 5.74) is 4.10. The highest BCUT2D eigenvalue weighted by molar-refractivity contribution is 9.10. The van der Waals surface area contributed by atoms with Crippen molar-refractivity contribution < 1.29 is 4.79 Å². The van der Waals surface area contributed by atoms with E-state index in [2.05, 4.69) is 36.5 Å². The van der Waals surface area contributed by atoms with Gasteiger partial charge in [-0.25, -0.2) is 9.97 Å². The Balaban J connectivity index is 1.74. The zero-order chi connectivity index (χ0) is 17.8. The van der Waals surface area contributed by atoms with Gasteiger partial charge in [0.1, 0.15) is 5.69 Å². The molecule has 0 atom stereocenters. The molecular weight excluding hydrogens is 380 g/mol. The third kappa shape index (κ3) is 4.42. The highest BCUT2D eigenvalue weighted by Crippen LogP contribution is 2.20. The van der Waals surface area contributed by atoms with E-state index in [1.807, 2.05) is 56.3 Å². The lowest BCUT2D eigenvalue weighted by Crippen LogP contribution is -2.14. The summed E-state index contributed by atoms with van der Waals surface area (Å²) in [6.45, 7) is 3.99. The molecule has 1 amide bonds. The smallest absolute Gasteiger partial charge is 0.274 e. The third-order valence-electron chi connectivity index (χ3n) is 3.61. The molecule has 0 bridgehead atoms. The number of rotatable bonds is 4. The van der Waals surface area contributed by atoms with Gasteiger partial charge >= 0.3 is 0 Å². The van der Waals surface area contributed by atoms with Gasteiger partial charge < -0.3 is 10.6 Å². The van der Waals surface area contributed by atoms with Crippen LogP contribution < -0.4 is 10.6 Å². The number of amides is 1. The first-order valence-corrected chi connectivity index (χ1v) is 8.55. The molecule has 25 heavy (non-hydrogen) atoms. The van der Waals surface area contributed by atoms with Crippen LogP contribution in [-0.2, 0) is 0 Å². The third-order valence-corrected chi connectivity index (χ3v) is 4.50. The van der Waals surface area contributed by atoms with Gasteiger partial charge in [-0.1, -0.05) is 33.6 Å². The first-order chi connectivity index (χ1) is 12.0. The van der Waals surface area contributed by atoms with Gasteiger partial charge in [0.15, 0.2) is 0 Å². The van der Waals surface area contributed by atoms with E-state index in [0.29, 0.717) is 11.6 Å². The molecular formula is C19H17BrN4O. The number of hydrogen-bond donors (Lipinski definition) is 2. The molecule has 0 unspecified atom stereocenters. The van der Waals surface area contributed by atoms with E-state index in [0.717, 1.165) is 21.4 Å². The average Bonchev–Trinajstić information content (AvgIpc) is 2.60. The maximum absolute atomic E-state index is 12.4. The minimum absolute atomic E-state index is 0.281. The normalized spacial score (nSPS) is 10.4. The van der Waals surface area contributed by atoms with Crippen LogP contribution in [0.1, 0.15) is 21.6 Å². The maximum Gasteiger partial charge on any atom is 0.274 e. The van der Waals surface area contributed by atoms with Crippen LogP contribution in [-0.4, -0.2) is 15.9 Å². The number of hydrogen-bond acceptors (Lipinski definition) is 4. The van der Waals surface area contributed by atoms with E-state index in [4.69, 9.17) is 0 Å². The lowest BCUT2D eigenvalue weighted by atomic mass is 10.2. The second-order valence-electron chi connectivity index (χ2n) is 5.67. The van der Waals surface area contributed by atoms with Crippen molar-refractivity contribution in [3.8, 4) is 0 Å². The summed E-state index contributed by atoms with van der Waals surface area (Å²) >= 11 is 3.44. The molecule has 0 saturated heterocycles. The monoisotopic (exact) mass is 396 g/mol. The molecule has 126 valence electrons. The lowest BCUT2D eigenvalue weighted by Gasteiger charge is -2.08. The number of aromatic nitrogens is 2. The molecule has 0 spiro atoms. The van der Waals surface area contributed by atoms with Crippen LogP contribution in [0.5, 0.6) is 0 Å². The van der Waals surface area contributed by atoms with Gasteiger partial charge in [0.25, 0.3) is 5.91 Å². The van der Waals surface area contributed by atoms with E-state index in [1.54, 1.807) is 12.3 Å². The summed E-state index contributed by atoms with van der Waals surface area (Å²) in [5.74, 6) is 0.0968. The number of aryl methyl sites for hydroxylation is 2. The van der Waals surface area contributed by atoms with Crippen molar-refractivity contribution in [2.45, 2.75) is 13.8 Å². The molecule has 0 aliphatic rings. The van der Waals surface area contributed by atoms with Crippen LogP contribution in [0.15, 0.2) is 59.2 Å². The molecule has 3 aromatic rings. The Labute approximate surface area is 154 Å². The van der Waals surface area contributed by atoms with Crippen LogP contribution in [0.3, 0.4) is 0 Å². The summed E-state index contributed by atoms with van der Waals surface area (Å²) in [6, 6.07) is 15.1. The Kier molecular flexibility index (Phi) is 5.09. The number of carbonyl (C=O) groups excluding carboxylic acids is 1. The van der Waals surface area contributed by atoms with Gasteiger partial charge in [-0.2, -0.15) is 0 Å². The molecule has 6 heteroatoms. The van der Waals surface area contributed by atoms with Crippen molar-refractivity contribution in [3.05, 3.63) is 76.0 Å². The van der Waals surface area contributed by atoms with Crippen LogP contribution in [0, 0.1) is 13.8 Å². The molecule has 3 rings (SSSR count). The predicted octanol–water partition coefficient (Wildman–Crippen LogP) is 4.85. The Morgan fingerprint density at radius 2 is 1.72 bits per heavy atom. The zero-order valence-electron chi connectivity index (χ0n) is 13.9. The first-order valence-electron chi connectivity index (χ1n) is 7.75. The maximum atomic E-state index is 12.4. The fourth-order valence-corrected chi connectivity index (χ4v) is 2.48. The van der Waals surface area contributed by atoms with E-state index in [1.165, 1.54) is 5.56 Å². The second kappa shape index (κ2) is 7.44. The fraction of sp³-hybridized carbons (Fsp3) is 0.105. The molecule has 1 aromatic heterocycles. The Hall–Kier alpha value is -2.73. The summed E-state index contributed by atoms with van der Waals surface area (Å²) in [4.78, 5) is 20.9. The number of halogens is 1. The summed E-state index contributed by atoms with van der Waals surface area (Å²) in [7, 11) is 0. The van der Waals surface area contributed by atoms with Crippen molar-refractivity contribution >= 4 is 39.2 Å². The SMILES string of the molecule is Cc1ccc(Nc2nccc(C(=O)Nc3ccc(Br)c(C)c3)n2)cc1. The predicted molar refractivity (Wildman–Crippen MR) is 103 cm³/mol. The summed E-state index contributed by atoms with van der Waals surface area (Å²) < 4.78 is 0.997. The Bertz CT molecular complexity index is 910. The molecule has 0 radical (unpaired) electrons. The van der Waals surface area contributed by atoms with Gasteiger partial charge in [0, 0.05) is 22.0 Å². The van der Waals surface area contributed by atoms with Gasteiger partial charge in [0.05, 0.1) is 0 Å². The number of anilines is 3. The van der Waals surface area contributed by atoms with Crippen LogP contribution >= 0.6 is 15.9 Å². The standard InChI is InChI=1S/C19H17BrN4O/c1-12-3-5-14(6-4-12)23-19-21-10-9-17(24-19)18(25)22-15-7-8-16(20)13(2)11-15/h3-11H,1-2H3,(H,22,25)(H,21,23,24). The zero-order valence-corrected chi connectivity index (χ0v) is 15.5. The lowest BCUT2D eigenvalue weighted by molar-refractivity contribution is 0.102. The van der Waals surface area contributed by atoms with Crippen LogP contribution in [0.2, 0.25) is 0 Å². The molecule has 0 saturated carbocycles. The fourth-order valence-electron chi connectivity index (χ4n) is 2.23. The molecule has 0 fully saturated rings. The minimum atomic E-state index is -0.281. The number of carbonyl (C=O) groups is 1. The second-order valence-corrected chi connectivity index (χ2v) is 6.53. The van der Waals surface area contributed by atoms with Gasteiger partial charge in [-0.05, 0) is 55.8 Å². The van der Waals surface area contributed by atoms with Gasteiger partial charge in [-0.15, -0.1) is 0 Å². The van der Waals surface area contributed by atoms with Crippen molar-refractivity contribution in [3.63, 3.8) is 0 Å². The van der Waals surface area contributed by atoms with Crippen molar-refractivity contribution in [2.24, 2.45) is 0 Å². The number of nitrogens with zero attached hydrogens (tertiary/aromatic N) is 2. The van der Waals surface area contributed by atoms with E-state index in [-0.39, 0.29) is 5.91 Å². The topological polar surface area (TPSA) is 66.9 Å². The Morgan fingerprint density at radius 1 is 1.00 bits per heavy atom. The van der Waals surface area contributed by atoms with E-state index < -0.39 is 0 Å². The highest BCUT2D eigenvalue weighted by atomic mass is 79.9. The van der Waals surface area contributed by atoms with E-state index >= 15 is 0 Å². The van der Waals surface area contributed by atoms with Gasteiger partial charge in [-0.3, -0.25) is 4.79 Å². The summed E-state index contributed by atoms with van der Waals surface area (Å²) in [5, 5.41) is 5.95. The Morgan fingerprint density at radius 3 is 2.44 bits per heavy atom. The van der Waals surface area contributed by atoms with E-state index in [9.17, 15) is 4.79 Å². The van der Waals surface area contributed by atoms with Gasteiger partial charge in [0.2, 0.25) is 5.95 Å². The van der Waals surface area contributed by atoms with Crippen molar-refractivity contribution in [2.75, 3.05) is 10.6 Å². The highest BCUT2D eigenvalue weighted by Gasteiger charge is 2.10. The number of nitrogens with one attached hydrogen (secondary N) is 2.